The molecule has 0 radical (unpaired) electrons. The lowest BCUT2D eigenvalue weighted by atomic mass is 9.82. The van der Waals surface area contributed by atoms with Crippen molar-refractivity contribution in [3.63, 3.8) is 0 Å². The van der Waals surface area contributed by atoms with Crippen LogP contribution >= 0.6 is 24.0 Å². The average molecular weight is 393 g/mol. The third kappa shape index (κ3) is 3.72. The number of fused-ring (bicyclic) bond motifs is 1. The van der Waals surface area contributed by atoms with E-state index in [1.165, 1.54) is 12.8 Å². The molecule has 1 aliphatic carbocycles. The van der Waals surface area contributed by atoms with Gasteiger partial charge in [-0.3, -0.25) is 4.79 Å². The van der Waals surface area contributed by atoms with E-state index in [4.69, 9.17) is 17.0 Å². The van der Waals surface area contributed by atoms with E-state index in [2.05, 4.69) is 18.7 Å². The number of β-lactam (4-membered cyclic amide) rings is 1. The largest absolute Gasteiger partial charge is 0.497 e. The molecule has 1 aromatic carbocycles. The zero-order valence-corrected chi connectivity index (χ0v) is 17.4. The maximum atomic E-state index is 13.0. The zero-order valence-electron chi connectivity index (χ0n) is 15.8. The summed E-state index contributed by atoms with van der Waals surface area (Å²) in [4.78, 5) is 17.2. The monoisotopic (exact) mass is 392 g/mol. The molecule has 1 saturated heterocycles. The van der Waals surface area contributed by atoms with Crippen LogP contribution in [0.4, 0.5) is 5.69 Å². The standard InChI is InChI=1S/C20H28N2O2S2/c1-4-21(5-2)20(25)26-17-9-7-6-8-16-18(17)19(23)22(16)14-10-12-15(24-3)13-11-14/h10-13,16-18H,4-9H2,1-3H3/t16-,17-,18-/m0/s1. The van der Waals surface area contributed by atoms with Crippen LogP contribution in [0.15, 0.2) is 24.3 Å². The summed E-state index contributed by atoms with van der Waals surface area (Å²) in [5.41, 5.74) is 0.981. The van der Waals surface area contributed by atoms with Crippen LogP contribution in [0.5, 0.6) is 5.75 Å². The Labute approximate surface area is 166 Å². The topological polar surface area (TPSA) is 32.8 Å². The number of thioether (sulfide) groups is 1. The summed E-state index contributed by atoms with van der Waals surface area (Å²) in [6, 6.07) is 8.12. The number of methoxy groups -OCH3 is 1. The molecular weight excluding hydrogens is 364 g/mol. The smallest absolute Gasteiger partial charge is 0.233 e. The van der Waals surface area contributed by atoms with Crippen molar-refractivity contribution in [3.8, 4) is 5.75 Å². The number of hydrogen-bond acceptors (Lipinski definition) is 4. The summed E-state index contributed by atoms with van der Waals surface area (Å²) < 4.78 is 6.17. The van der Waals surface area contributed by atoms with E-state index in [0.717, 1.165) is 41.7 Å². The van der Waals surface area contributed by atoms with Gasteiger partial charge in [-0.1, -0.05) is 36.8 Å². The number of carbonyl (C=O) groups excluding carboxylic acids is 1. The Morgan fingerprint density at radius 1 is 1.23 bits per heavy atom. The number of anilines is 1. The fraction of sp³-hybridized carbons (Fsp3) is 0.600. The Balaban J connectivity index is 1.74. The van der Waals surface area contributed by atoms with Crippen molar-refractivity contribution in [2.24, 2.45) is 5.92 Å². The van der Waals surface area contributed by atoms with E-state index in [1.54, 1.807) is 18.9 Å². The predicted octanol–water partition coefficient (Wildman–Crippen LogP) is 4.33. The molecule has 26 heavy (non-hydrogen) atoms. The third-order valence-corrected chi connectivity index (χ3v) is 7.37. The normalized spacial score (nSPS) is 25.1. The highest BCUT2D eigenvalue weighted by molar-refractivity contribution is 8.23. The predicted molar refractivity (Wildman–Crippen MR) is 113 cm³/mol. The Kier molecular flexibility index (Phi) is 6.46. The van der Waals surface area contributed by atoms with Crippen LogP contribution in [0.2, 0.25) is 0 Å². The second kappa shape index (κ2) is 8.61. The highest BCUT2D eigenvalue weighted by atomic mass is 32.2. The van der Waals surface area contributed by atoms with E-state index < -0.39 is 0 Å². The molecule has 1 saturated carbocycles. The van der Waals surface area contributed by atoms with Gasteiger partial charge in [0.05, 0.1) is 13.0 Å². The molecule has 1 amide bonds. The molecule has 1 aromatic rings. The van der Waals surface area contributed by atoms with Gasteiger partial charge in [-0.05, 0) is 51.0 Å². The SMILES string of the molecule is CCN(CC)C(=S)S[C@H]1CCCC[C@H]2[C@@H]1C(=O)N2c1ccc(OC)cc1. The first-order valence-corrected chi connectivity index (χ1v) is 10.8. The summed E-state index contributed by atoms with van der Waals surface area (Å²) in [5.74, 6) is 1.16. The number of amides is 1. The Hall–Kier alpha value is -1.27. The minimum Gasteiger partial charge on any atom is -0.497 e. The van der Waals surface area contributed by atoms with Crippen molar-refractivity contribution in [3.05, 3.63) is 24.3 Å². The summed E-state index contributed by atoms with van der Waals surface area (Å²) in [6.45, 7) is 6.11. The van der Waals surface area contributed by atoms with Gasteiger partial charge in [-0.15, -0.1) is 0 Å². The van der Waals surface area contributed by atoms with Crippen LogP contribution in [0, 0.1) is 5.92 Å². The van der Waals surface area contributed by atoms with Gasteiger partial charge in [0.1, 0.15) is 10.1 Å². The van der Waals surface area contributed by atoms with Gasteiger partial charge in [0, 0.05) is 30.1 Å². The van der Waals surface area contributed by atoms with E-state index in [9.17, 15) is 4.79 Å². The zero-order chi connectivity index (χ0) is 18.7. The molecule has 0 bridgehead atoms. The first kappa shape index (κ1) is 19.5. The number of carbonyl (C=O) groups is 1. The quantitative estimate of drug-likeness (QED) is 0.550. The molecule has 2 fully saturated rings. The minimum atomic E-state index is 0.0955. The van der Waals surface area contributed by atoms with E-state index in [-0.39, 0.29) is 11.8 Å². The first-order chi connectivity index (χ1) is 12.6. The summed E-state index contributed by atoms with van der Waals surface area (Å²) in [6.07, 6.45) is 4.51. The fourth-order valence-corrected chi connectivity index (χ4v) is 6.06. The molecule has 1 aliphatic heterocycles. The van der Waals surface area contributed by atoms with E-state index >= 15 is 0 Å². The Morgan fingerprint density at radius 3 is 2.50 bits per heavy atom. The van der Waals surface area contributed by atoms with E-state index in [0.29, 0.717) is 11.3 Å². The maximum Gasteiger partial charge on any atom is 0.233 e. The summed E-state index contributed by atoms with van der Waals surface area (Å²) in [7, 11) is 1.66. The van der Waals surface area contributed by atoms with Gasteiger partial charge < -0.3 is 14.5 Å². The molecule has 2 aliphatic rings. The van der Waals surface area contributed by atoms with Crippen molar-refractivity contribution < 1.29 is 9.53 Å². The van der Waals surface area contributed by atoms with Crippen LogP contribution in [0.25, 0.3) is 0 Å². The average Bonchev–Trinajstić information content (AvgIpc) is 2.82. The van der Waals surface area contributed by atoms with Gasteiger partial charge in [-0.25, -0.2) is 0 Å². The lowest BCUT2D eigenvalue weighted by Crippen LogP contribution is -2.64. The molecule has 0 spiro atoms. The Bertz CT molecular complexity index is 646. The lowest BCUT2D eigenvalue weighted by molar-refractivity contribution is -0.130. The number of benzene rings is 1. The number of rotatable bonds is 5. The molecule has 3 rings (SSSR count). The number of ether oxygens (including phenoxy) is 1. The molecule has 1 heterocycles. The molecule has 0 aromatic heterocycles. The highest BCUT2D eigenvalue weighted by Gasteiger charge is 2.52. The van der Waals surface area contributed by atoms with Gasteiger partial charge in [-0.2, -0.15) is 0 Å². The Morgan fingerprint density at radius 2 is 1.88 bits per heavy atom. The second-order valence-corrected chi connectivity index (χ2v) is 8.75. The third-order valence-electron chi connectivity index (χ3n) is 5.53. The molecule has 0 unspecified atom stereocenters. The summed E-state index contributed by atoms with van der Waals surface area (Å²) in [5, 5.41) is 0.303. The van der Waals surface area contributed by atoms with E-state index in [1.807, 2.05) is 29.2 Å². The lowest BCUT2D eigenvalue weighted by Gasteiger charge is -2.49. The van der Waals surface area contributed by atoms with Gasteiger partial charge >= 0.3 is 0 Å². The molecule has 4 nitrogen and oxygen atoms in total. The number of nitrogens with zero attached hydrogens (tertiary/aromatic N) is 2. The molecule has 0 N–H and O–H groups in total. The number of hydrogen-bond donors (Lipinski definition) is 0. The number of thiocarbonyl (C=S) groups is 1. The fourth-order valence-electron chi connectivity index (χ4n) is 4.04. The minimum absolute atomic E-state index is 0.0955. The molecule has 6 heteroatoms. The van der Waals surface area contributed by atoms with Gasteiger partial charge in [0.2, 0.25) is 5.91 Å². The van der Waals surface area contributed by atoms with Crippen molar-refractivity contribution in [1.82, 2.24) is 4.90 Å². The van der Waals surface area contributed by atoms with Crippen molar-refractivity contribution in [2.45, 2.75) is 50.8 Å². The second-order valence-electron chi connectivity index (χ2n) is 6.88. The van der Waals surface area contributed by atoms with Crippen molar-refractivity contribution >= 4 is 39.9 Å². The van der Waals surface area contributed by atoms with Crippen LogP contribution in [0.1, 0.15) is 39.5 Å². The van der Waals surface area contributed by atoms with Crippen LogP contribution in [0.3, 0.4) is 0 Å². The van der Waals surface area contributed by atoms with Crippen molar-refractivity contribution in [2.75, 3.05) is 25.1 Å². The summed E-state index contributed by atoms with van der Waals surface area (Å²) >= 11 is 7.40. The first-order valence-electron chi connectivity index (χ1n) is 9.53. The van der Waals surface area contributed by atoms with Crippen LogP contribution < -0.4 is 9.64 Å². The van der Waals surface area contributed by atoms with Gasteiger partial charge in [0.25, 0.3) is 0 Å². The molecule has 142 valence electrons. The van der Waals surface area contributed by atoms with Crippen LogP contribution in [-0.4, -0.2) is 46.6 Å². The van der Waals surface area contributed by atoms with Crippen molar-refractivity contribution in [1.29, 1.82) is 0 Å². The maximum absolute atomic E-state index is 13.0. The molecule has 3 atom stereocenters. The van der Waals surface area contributed by atoms with Gasteiger partial charge in [0.15, 0.2) is 0 Å². The van der Waals surface area contributed by atoms with Crippen LogP contribution in [-0.2, 0) is 4.79 Å². The highest BCUT2D eigenvalue weighted by Crippen LogP contribution is 2.45. The molecular formula is C20H28N2O2S2.